The maximum absolute atomic E-state index is 10.7. The second kappa shape index (κ2) is 18.5. The third-order valence-corrected chi connectivity index (χ3v) is 3.81. The highest BCUT2D eigenvalue weighted by molar-refractivity contribution is 7.99. The van der Waals surface area contributed by atoms with Crippen LogP contribution in [0.5, 0.6) is 0 Å². The lowest BCUT2D eigenvalue weighted by Crippen LogP contribution is -2.46. The van der Waals surface area contributed by atoms with Crippen molar-refractivity contribution in [2.75, 3.05) is 18.1 Å². The second-order valence-electron chi connectivity index (χ2n) is 5.40. The molecule has 0 aromatic carbocycles. The first-order valence-corrected chi connectivity index (χ1v) is 9.66. The van der Waals surface area contributed by atoms with Crippen molar-refractivity contribution in [2.45, 2.75) is 71.8 Å². The molecule has 0 bridgehead atoms. The Bertz CT molecular complexity index is 285. The molecule has 0 aliphatic carbocycles. The Labute approximate surface area is 149 Å². The fourth-order valence-corrected chi connectivity index (χ4v) is 2.40. The number of thioether (sulfide) groups is 1. The van der Waals surface area contributed by atoms with Crippen molar-refractivity contribution < 1.29 is 24.9 Å². The van der Waals surface area contributed by atoms with Gasteiger partial charge >= 0.3 is 11.8 Å². The SMILES string of the molecule is CC(O)NC(=O)C(=O)NC(C)O.CCCCCCCCSCCO. The first kappa shape index (κ1) is 25.4. The van der Waals surface area contributed by atoms with Gasteiger partial charge in [-0.2, -0.15) is 11.8 Å². The van der Waals surface area contributed by atoms with Crippen LogP contribution in [0, 0.1) is 0 Å². The Kier molecular flexibility index (Phi) is 19.6. The molecule has 0 spiro atoms. The van der Waals surface area contributed by atoms with E-state index in [2.05, 4.69) is 6.92 Å². The van der Waals surface area contributed by atoms with Crippen molar-refractivity contribution in [3.05, 3.63) is 0 Å². The van der Waals surface area contributed by atoms with Gasteiger partial charge in [0, 0.05) is 5.75 Å². The Balaban J connectivity index is 0. The molecule has 0 radical (unpaired) electrons. The van der Waals surface area contributed by atoms with E-state index in [9.17, 15) is 9.59 Å². The van der Waals surface area contributed by atoms with Gasteiger partial charge in [0.05, 0.1) is 6.61 Å². The average molecular weight is 367 g/mol. The number of hydrogen-bond acceptors (Lipinski definition) is 6. The minimum absolute atomic E-state index is 0.334. The molecule has 144 valence electrons. The molecule has 0 aliphatic heterocycles. The molecule has 24 heavy (non-hydrogen) atoms. The highest BCUT2D eigenvalue weighted by atomic mass is 32.2. The van der Waals surface area contributed by atoms with Gasteiger partial charge in [0.2, 0.25) is 0 Å². The molecule has 0 heterocycles. The molecule has 0 saturated heterocycles. The monoisotopic (exact) mass is 366 g/mol. The van der Waals surface area contributed by atoms with Crippen molar-refractivity contribution in [1.82, 2.24) is 10.6 Å². The van der Waals surface area contributed by atoms with Crippen LogP contribution in [0.25, 0.3) is 0 Å². The minimum Gasteiger partial charge on any atom is -0.396 e. The van der Waals surface area contributed by atoms with Crippen LogP contribution >= 0.6 is 11.8 Å². The molecular weight excluding hydrogens is 332 g/mol. The zero-order valence-corrected chi connectivity index (χ0v) is 15.9. The van der Waals surface area contributed by atoms with Gasteiger partial charge in [0.15, 0.2) is 0 Å². The summed E-state index contributed by atoms with van der Waals surface area (Å²) >= 11 is 1.87. The van der Waals surface area contributed by atoms with E-state index in [1.807, 2.05) is 22.4 Å². The van der Waals surface area contributed by atoms with E-state index in [-0.39, 0.29) is 0 Å². The molecule has 0 aliphatic rings. The van der Waals surface area contributed by atoms with Crippen LogP contribution < -0.4 is 10.6 Å². The highest BCUT2D eigenvalue weighted by Gasteiger charge is 2.15. The molecule has 7 nitrogen and oxygen atoms in total. The van der Waals surface area contributed by atoms with Crippen molar-refractivity contribution in [3.63, 3.8) is 0 Å². The summed E-state index contributed by atoms with van der Waals surface area (Å²) in [7, 11) is 0. The molecule has 8 heteroatoms. The Hall–Kier alpha value is -0.830. The van der Waals surface area contributed by atoms with Gasteiger partial charge < -0.3 is 26.0 Å². The maximum atomic E-state index is 10.7. The summed E-state index contributed by atoms with van der Waals surface area (Å²) in [6, 6.07) is 0. The molecule has 0 aromatic rings. The van der Waals surface area contributed by atoms with Gasteiger partial charge in [-0.3, -0.25) is 9.59 Å². The highest BCUT2D eigenvalue weighted by Crippen LogP contribution is 2.08. The molecule has 0 fully saturated rings. The summed E-state index contributed by atoms with van der Waals surface area (Å²) in [6.45, 7) is 5.18. The molecule has 0 rings (SSSR count). The number of nitrogens with one attached hydrogen (secondary N) is 2. The standard InChI is InChI=1S/C10H22OS.C6H12N2O4/c1-2-3-4-5-6-7-9-12-10-8-11;1-3(9)7-5(11)6(12)8-4(2)10/h11H,2-10H2,1H3;3-4,9-10H,1-2H3,(H,7,11)(H,8,12). The number of unbranched alkanes of at least 4 members (excludes halogenated alkanes) is 5. The van der Waals surface area contributed by atoms with E-state index in [1.165, 1.54) is 58.1 Å². The fraction of sp³-hybridized carbons (Fsp3) is 0.875. The van der Waals surface area contributed by atoms with Crippen LogP contribution in [0.3, 0.4) is 0 Å². The number of carbonyl (C=O) groups is 2. The number of hydrogen-bond donors (Lipinski definition) is 5. The Morgan fingerprint density at radius 1 is 0.875 bits per heavy atom. The number of carbonyl (C=O) groups excluding carboxylic acids is 2. The third-order valence-electron chi connectivity index (χ3n) is 2.76. The van der Waals surface area contributed by atoms with Gasteiger partial charge in [0.1, 0.15) is 12.5 Å². The van der Waals surface area contributed by atoms with Crippen molar-refractivity contribution in [1.29, 1.82) is 0 Å². The van der Waals surface area contributed by atoms with Crippen molar-refractivity contribution >= 4 is 23.6 Å². The second-order valence-corrected chi connectivity index (χ2v) is 6.63. The number of rotatable bonds is 11. The predicted molar refractivity (Wildman–Crippen MR) is 97.4 cm³/mol. The summed E-state index contributed by atoms with van der Waals surface area (Å²) in [5.41, 5.74) is 0. The first-order chi connectivity index (χ1) is 11.3. The van der Waals surface area contributed by atoms with Gasteiger partial charge in [-0.15, -0.1) is 0 Å². The summed E-state index contributed by atoms with van der Waals surface area (Å²) in [4.78, 5) is 21.4. The van der Waals surface area contributed by atoms with Crippen LogP contribution in [0.1, 0.15) is 59.3 Å². The largest absolute Gasteiger partial charge is 0.396 e. The van der Waals surface area contributed by atoms with E-state index in [0.717, 1.165) is 5.75 Å². The molecule has 2 unspecified atom stereocenters. The van der Waals surface area contributed by atoms with Crippen LogP contribution in [0.15, 0.2) is 0 Å². The van der Waals surface area contributed by atoms with Gasteiger partial charge in [0.25, 0.3) is 0 Å². The van der Waals surface area contributed by atoms with E-state index in [0.29, 0.717) is 6.61 Å². The van der Waals surface area contributed by atoms with Crippen LogP contribution in [0.4, 0.5) is 0 Å². The molecular formula is C16H34N2O5S. The number of aliphatic hydroxyl groups excluding tert-OH is 3. The predicted octanol–water partition coefficient (Wildman–Crippen LogP) is 0.968. The van der Waals surface area contributed by atoms with Gasteiger partial charge in [-0.05, 0) is 26.0 Å². The quantitative estimate of drug-likeness (QED) is 0.211. The van der Waals surface area contributed by atoms with Crippen LogP contribution in [-0.4, -0.2) is 57.7 Å². The van der Waals surface area contributed by atoms with Gasteiger partial charge in [-0.25, -0.2) is 0 Å². The van der Waals surface area contributed by atoms with Crippen LogP contribution in [0.2, 0.25) is 0 Å². The zero-order chi connectivity index (χ0) is 18.8. The van der Waals surface area contributed by atoms with Crippen molar-refractivity contribution in [2.24, 2.45) is 0 Å². The average Bonchev–Trinajstić information content (AvgIpc) is 2.49. The fourth-order valence-electron chi connectivity index (χ4n) is 1.66. The minimum atomic E-state index is -1.09. The lowest BCUT2D eigenvalue weighted by atomic mass is 10.1. The molecule has 0 aromatic heterocycles. The normalized spacial score (nSPS) is 12.6. The lowest BCUT2D eigenvalue weighted by Gasteiger charge is -2.09. The molecule has 0 saturated carbocycles. The summed E-state index contributed by atoms with van der Waals surface area (Å²) in [5, 5.41) is 29.7. The molecule has 2 amide bonds. The Morgan fingerprint density at radius 2 is 1.33 bits per heavy atom. The van der Waals surface area contributed by atoms with Crippen molar-refractivity contribution in [3.8, 4) is 0 Å². The summed E-state index contributed by atoms with van der Waals surface area (Å²) in [6.07, 6.45) is 6.05. The number of amides is 2. The molecule has 2 atom stereocenters. The van der Waals surface area contributed by atoms with E-state index < -0.39 is 24.3 Å². The van der Waals surface area contributed by atoms with E-state index >= 15 is 0 Å². The lowest BCUT2D eigenvalue weighted by molar-refractivity contribution is -0.142. The van der Waals surface area contributed by atoms with Gasteiger partial charge in [-0.1, -0.05) is 39.0 Å². The maximum Gasteiger partial charge on any atom is 0.311 e. The smallest absolute Gasteiger partial charge is 0.311 e. The first-order valence-electron chi connectivity index (χ1n) is 8.51. The van der Waals surface area contributed by atoms with E-state index in [4.69, 9.17) is 15.3 Å². The third kappa shape index (κ3) is 21.2. The topological polar surface area (TPSA) is 119 Å². The Morgan fingerprint density at radius 3 is 1.75 bits per heavy atom. The van der Waals surface area contributed by atoms with Crippen LogP contribution in [-0.2, 0) is 9.59 Å². The molecule has 5 N–H and O–H groups in total. The summed E-state index contributed by atoms with van der Waals surface area (Å²) < 4.78 is 0. The summed E-state index contributed by atoms with van der Waals surface area (Å²) in [5.74, 6) is 0.179. The zero-order valence-electron chi connectivity index (χ0n) is 15.1. The number of aliphatic hydroxyl groups is 3. The van der Waals surface area contributed by atoms with E-state index in [1.54, 1.807) is 0 Å².